The highest BCUT2D eigenvalue weighted by Crippen LogP contribution is 2.20. The lowest BCUT2D eigenvalue weighted by Crippen LogP contribution is -2.56. The number of nitrogens with one attached hydrogen (secondary N) is 2. The molecule has 3 unspecified atom stereocenters. The van der Waals surface area contributed by atoms with E-state index in [9.17, 15) is 24.0 Å². The summed E-state index contributed by atoms with van der Waals surface area (Å²) in [6.07, 6.45) is 0.778. The number of carbonyl (C=O) groups is 5. The Morgan fingerprint density at radius 2 is 1.86 bits per heavy atom. The Kier molecular flexibility index (Phi) is 8.83. The smallest absolute Gasteiger partial charge is 0.322 e. The van der Waals surface area contributed by atoms with Crippen LogP contribution in [0.15, 0.2) is 0 Å². The van der Waals surface area contributed by atoms with E-state index in [1.54, 1.807) is 13.8 Å². The van der Waals surface area contributed by atoms with Crippen LogP contribution < -0.4 is 22.1 Å². The van der Waals surface area contributed by atoms with E-state index in [2.05, 4.69) is 10.6 Å². The number of primary amides is 1. The molecule has 0 aliphatic carbocycles. The molecule has 158 valence electrons. The highest BCUT2D eigenvalue weighted by Gasteiger charge is 2.38. The zero-order valence-electron chi connectivity index (χ0n) is 16.1. The molecule has 11 nitrogen and oxygen atoms in total. The predicted octanol–water partition coefficient (Wildman–Crippen LogP) is -2.09. The van der Waals surface area contributed by atoms with Crippen LogP contribution in [-0.2, 0) is 24.0 Å². The normalized spacial score (nSPS) is 18.4. The third-order valence-corrected chi connectivity index (χ3v) is 4.57. The topological polar surface area (TPSA) is 185 Å². The molecule has 7 N–H and O–H groups in total. The van der Waals surface area contributed by atoms with Crippen molar-refractivity contribution in [3.8, 4) is 0 Å². The SMILES string of the molecule is CC(C)C(N)C(=O)NC(CCC(N)=O)C(=O)N1CCCC1C(=O)NCC(=O)O. The Bertz CT molecular complexity index is 623. The molecular weight excluding hydrogens is 370 g/mol. The minimum Gasteiger partial charge on any atom is -0.480 e. The highest BCUT2D eigenvalue weighted by atomic mass is 16.4. The van der Waals surface area contributed by atoms with Gasteiger partial charge in [-0.1, -0.05) is 13.8 Å². The third-order valence-electron chi connectivity index (χ3n) is 4.57. The fourth-order valence-electron chi connectivity index (χ4n) is 2.90. The number of likely N-dealkylation sites (tertiary alicyclic amines) is 1. The monoisotopic (exact) mass is 399 g/mol. The van der Waals surface area contributed by atoms with E-state index >= 15 is 0 Å². The quantitative estimate of drug-likeness (QED) is 0.279. The average Bonchev–Trinajstić information content (AvgIpc) is 3.11. The molecule has 1 aliphatic heterocycles. The maximum absolute atomic E-state index is 13.0. The molecule has 0 saturated carbocycles. The number of nitrogens with two attached hydrogens (primary N) is 2. The lowest BCUT2D eigenvalue weighted by molar-refractivity contribution is -0.143. The van der Waals surface area contributed by atoms with E-state index in [-0.39, 0.29) is 25.3 Å². The van der Waals surface area contributed by atoms with Crippen LogP contribution >= 0.6 is 0 Å². The summed E-state index contributed by atoms with van der Waals surface area (Å²) in [4.78, 5) is 60.5. The van der Waals surface area contributed by atoms with Crippen LogP contribution in [0.5, 0.6) is 0 Å². The number of hydrogen-bond acceptors (Lipinski definition) is 6. The van der Waals surface area contributed by atoms with Crippen LogP contribution in [0.25, 0.3) is 0 Å². The van der Waals surface area contributed by atoms with Crippen molar-refractivity contribution in [2.45, 2.75) is 57.7 Å². The van der Waals surface area contributed by atoms with Crippen molar-refractivity contribution in [3.63, 3.8) is 0 Å². The summed E-state index contributed by atoms with van der Waals surface area (Å²) in [7, 11) is 0. The lowest BCUT2D eigenvalue weighted by Gasteiger charge is -2.29. The molecule has 0 radical (unpaired) electrons. The summed E-state index contributed by atoms with van der Waals surface area (Å²) in [5.41, 5.74) is 11.0. The van der Waals surface area contributed by atoms with Crippen molar-refractivity contribution < 1.29 is 29.1 Å². The summed E-state index contributed by atoms with van der Waals surface area (Å²) in [6.45, 7) is 3.24. The first-order valence-electron chi connectivity index (χ1n) is 9.18. The molecule has 0 aromatic rings. The number of carbonyl (C=O) groups excluding carboxylic acids is 4. The van der Waals surface area contributed by atoms with Gasteiger partial charge in [-0.15, -0.1) is 0 Å². The number of amides is 4. The molecule has 1 aliphatic rings. The minimum atomic E-state index is -1.20. The zero-order chi connectivity index (χ0) is 21.4. The van der Waals surface area contributed by atoms with Gasteiger partial charge in [-0.25, -0.2) is 0 Å². The van der Waals surface area contributed by atoms with Gasteiger partial charge in [0.1, 0.15) is 18.6 Å². The van der Waals surface area contributed by atoms with Crippen LogP contribution in [0.3, 0.4) is 0 Å². The van der Waals surface area contributed by atoms with E-state index in [4.69, 9.17) is 16.6 Å². The fraction of sp³-hybridized carbons (Fsp3) is 0.706. The minimum absolute atomic E-state index is 0.0231. The molecular formula is C17H29N5O6. The first kappa shape index (κ1) is 23.3. The fourth-order valence-corrected chi connectivity index (χ4v) is 2.90. The Balaban J connectivity index is 2.90. The molecule has 1 rings (SSSR count). The Labute approximate surface area is 163 Å². The van der Waals surface area contributed by atoms with E-state index in [1.165, 1.54) is 4.90 Å². The van der Waals surface area contributed by atoms with Gasteiger partial charge >= 0.3 is 5.97 Å². The molecule has 1 saturated heterocycles. The third kappa shape index (κ3) is 6.80. The molecule has 28 heavy (non-hydrogen) atoms. The summed E-state index contributed by atoms with van der Waals surface area (Å²) < 4.78 is 0. The van der Waals surface area contributed by atoms with Crippen LogP contribution in [0, 0.1) is 5.92 Å². The summed E-state index contributed by atoms with van der Waals surface area (Å²) in [6, 6.07) is -2.73. The van der Waals surface area contributed by atoms with Crippen molar-refractivity contribution in [3.05, 3.63) is 0 Å². The average molecular weight is 399 g/mol. The van der Waals surface area contributed by atoms with E-state index < -0.39 is 54.3 Å². The number of nitrogens with zero attached hydrogens (tertiary/aromatic N) is 1. The maximum Gasteiger partial charge on any atom is 0.322 e. The van der Waals surface area contributed by atoms with E-state index in [1.807, 2.05) is 0 Å². The maximum atomic E-state index is 13.0. The molecule has 11 heteroatoms. The van der Waals surface area contributed by atoms with Crippen molar-refractivity contribution in [2.24, 2.45) is 17.4 Å². The second kappa shape index (κ2) is 10.6. The lowest BCUT2D eigenvalue weighted by atomic mass is 10.0. The van der Waals surface area contributed by atoms with Gasteiger partial charge in [0.25, 0.3) is 0 Å². The van der Waals surface area contributed by atoms with Gasteiger partial charge in [0.05, 0.1) is 6.04 Å². The van der Waals surface area contributed by atoms with Gasteiger partial charge in [0, 0.05) is 13.0 Å². The first-order valence-corrected chi connectivity index (χ1v) is 9.18. The molecule has 0 aromatic carbocycles. The van der Waals surface area contributed by atoms with Crippen LogP contribution in [-0.4, -0.2) is 70.8 Å². The molecule has 1 heterocycles. The second-order valence-corrected chi connectivity index (χ2v) is 7.14. The number of carboxylic acids is 1. The summed E-state index contributed by atoms with van der Waals surface area (Å²) >= 11 is 0. The van der Waals surface area contributed by atoms with Crippen LogP contribution in [0.4, 0.5) is 0 Å². The molecule has 3 atom stereocenters. The van der Waals surface area contributed by atoms with E-state index in [0.29, 0.717) is 12.8 Å². The van der Waals surface area contributed by atoms with Crippen molar-refractivity contribution in [1.29, 1.82) is 0 Å². The van der Waals surface area contributed by atoms with Gasteiger partial charge in [-0.3, -0.25) is 24.0 Å². The molecule has 0 aromatic heterocycles. The summed E-state index contributed by atoms with van der Waals surface area (Å²) in [5.74, 6) is -3.63. The molecule has 0 bridgehead atoms. The Morgan fingerprint density at radius 3 is 2.39 bits per heavy atom. The van der Waals surface area contributed by atoms with Crippen LogP contribution in [0.2, 0.25) is 0 Å². The number of hydrogen-bond donors (Lipinski definition) is 5. The predicted molar refractivity (Wildman–Crippen MR) is 98.6 cm³/mol. The number of aliphatic carboxylic acids is 1. The van der Waals surface area contributed by atoms with Crippen molar-refractivity contribution in [2.75, 3.05) is 13.1 Å². The Hall–Kier alpha value is -2.69. The van der Waals surface area contributed by atoms with Gasteiger partial charge in [0.2, 0.25) is 23.6 Å². The largest absolute Gasteiger partial charge is 0.480 e. The van der Waals surface area contributed by atoms with Crippen molar-refractivity contribution >= 4 is 29.6 Å². The zero-order valence-corrected chi connectivity index (χ0v) is 16.1. The van der Waals surface area contributed by atoms with E-state index in [0.717, 1.165) is 0 Å². The molecule has 0 spiro atoms. The standard InChI is InChI=1S/C17H29N5O6/c1-9(2)14(19)16(27)21-10(5-6-12(18)23)17(28)22-7-3-4-11(22)15(26)20-8-13(24)25/h9-11,14H,3-8,19H2,1-2H3,(H2,18,23)(H,20,26)(H,21,27)(H,24,25). The first-order chi connectivity index (χ1) is 13.0. The Morgan fingerprint density at radius 1 is 1.21 bits per heavy atom. The molecule has 1 fully saturated rings. The van der Waals surface area contributed by atoms with Crippen molar-refractivity contribution in [1.82, 2.24) is 15.5 Å². The van der Waals surface area contributed by atoms with Gasteiger partial charge in [-0.2, -0.15) is 0 Å². The number of carboxylic acid groups (broad SMARTS) is 1. The highest BCUT2D eigenvalue weighted by molar-refractivity contribution is 5.94. The van der Waals surface area contributed by atoms with Gasteiger partial charge in [-0.05, 0) is 25.2 Å². The van der Waals surface area contributed by atoms with Gasteiger partial charge in [0.15, 0.2) is 0 Å². The summed E-state index contributed by atoms with van der Waals surface area (Å²) in [5, 5.41) is 13.5. The number of rotatable bonds is 10. The molecule has 4 amide bonds. The van der Waals surface area contributed by atoms with Gasteiger partial charge < -0.3 is 32.1 Å². The second-order valence-electron chi connectivity index (χ2n) is 7.14. The van der Waals surface area contributed by atoms with Crippen LogP contribution in [0.1, 0.15) is 39.5 Å².